The number of aliphatic imine (C=N–C) groups is 3. The zero-order chi connectivity index (χ0) is 46.7. The third-order valence-corrected chi connectivity index (χ3v) is 12.6. The van der Waals surface area contributed by atoms with Gasteiger partial charge in [0.05, 0.1) is 33.8 Å². The van der Waals surface area contributed by atoms with Gasteiger partial charge in [0.2, 0.25) is 0 Å². The van der Waals surface area contributed by atoms with Gasteiger partial charge in [-0.3, -0.25) is 29.4 Å². The molecule has 6 aromatic carbocycles. The third-order valence-electron chi connectivity index (χ3n) is 12.6. The second-order valence-corrected chi connectivity index (χ2v) is 20.2. The molecule has 9 heteroatoms. The lowest BCUT2D eigenvalue weighted by molar-refractivity contribution is 0.111. The van der Waals surface area contributed by atoms with Gasteiger partial charge in [-0.05, 0) is 139 Å². The number of phenolic OH excluding ortho intramolecular Hbond substituents is 3. The van der Waals surface area contributed by atoms with Crippen LogP contribution in [0.15, 0.2) is 106 Å². The number of benzene rings is 6. The lowest BCUT2D eigenvalue weighted by atomic mass is 9.61. The molecule has 328 valence electrons. The number of hydrogen-bond donors (Lipinski definition) is 3. The number of phenols is 3. The van der Waals surface area contributed by atoms with Crippen molar-refractivity contribution in [3.05, 3.63) is 174 Å². The summed E-state index contributed by atoms with van der Waals surface area (Å²) in [5.74, 6) is -0.743. The van der Waals surface area contributed by atoms with Crippen LogP contribution < -0.4 is 0 Å². The van der Waals surface area contributed by atoms with E-state index in [4.69, 9.17) is 15.0 Å². The molecule has 0 atom stereocenters. The molecule has 0 unspecified atom stereocenters. The lowest BCUT2D eigenvalue weighted by Crippen LogP contribution is -2.27. The van der Waals surface area contributed by atoms with Gasteiger partial charge in [-0.2, -0.15) is 0 Å². The lowest BCUT2D eigenvalue weighted by Gasteiger charge is -2.42. The standard InChI is InChI=1S/C56H53N3O6/c1-54(2,3)37-16-31(51(63)34(19-37)28-60)25-57-40-12-15-45-46(22-40)49-43-13-10-41(58-26-32-17-38(55(4,5)6)20-35(29-61)52(32)64)23-47(43)50(45)48-24-42(11-14-44(48)49)59-27-33-18-39(56(7,8)9)21-36(30-62)53(33)65/h10-30,49-50,63-65H,1-9H3. The highest BCUT2D eigenvalue weighted by atomic mass is 16.3. The molecule has 0 saturated carbocycles. The summed E-state index contributed by atoms with van der Waals surface area (Å²) < 4.78 is 0. The first-order valence-corrected chi connectivity index (χ1v) is 21.7. The van der Waals surface area contributed by atoms with Crippen LogP contribution in [0.1, 0.15) is 172 Å². The van der Waals surface area contributed by atoms with Crippen molar-refractivity contribution in [1.82, 2.24) is 0 Å². The Morgan fingerprint density at radius 3 is 0.862 bits per heavy atom. The fourth-order valence-electron chi connectivity index (χ4n) is 8.81. The van der Waals surface area contributed by atoms with Crippen LogP contribution in [0, 0.1) is 0 Å². The van der Waals surface area contributed by atoms with Crippen LogP contribution in [0.25, 0.3) is 0 Å². The molecular formula is C56H53N3O6. The van der Waals surface area contributed by atoms with E-state index in [1.807, 2.05) is 77.9 Å². The van der Waals surface area contributed by atoms with Crippen molar-refractivity contribution in [2.24, 2.45) is 15.0 Å². The minimum absolute atomic E-state index is 0.115. The Morgan fingerprint density at radius 1 is 0.369 bits per heavy atom. The predicted molar refractivity (Wildman–Crippen MR) is 260 cm³/mol. The zero-order valence-electron chi connectivity index (χ0n) is 38.2. The molecule has 6 aromatic rings. The average molecular weight is 864 g/mol. The average Bonchev–Trinajstić information content (AvgIpc) is 3.26. The molecule has 3 aliphatic carbocycles. The second kappa shape index (κ2) is 16.4. The van der Waals surface area contributed by atoms with E-state index in [-0.39, 0.29) is 62.0 Å². The molecule has 9 nitrogen and oxygen atoms in total. The van der Waals surface area contributed by atoms with Gasteiger partial charge in [0.25, 0.3) is 0 Å². The van der Waals surface area contributed by atoms with Crippen molar-refractivity contribution in [2.75, 3.05) is 0 Å². The van der Waals surface area contributed by atoms with Crippen LogP contribution in [-0.2, 0) is 16.2 Å². The number of hydrogen-bond acceptors (Lipinski definition) is 9. The topological polar surface area (TPSA) is 149 Å². The Balaban J connectivity index is 1.22. The fraction of sp³-hybridized carbons (Fsp3) is 0.250. The van der Waals surface area contributed by atoms with E-state index in [2.05, 4.69) is 57.2 Å². The summed E-state index contributed by atoms with van der Waals surface area (Å²) in [7, 11) is 0. The highest BCUT2D eigenvalue weighted by Crippen LogP contribution is 2.57. The summed E-state index contributed by atoms with van der Waals surface area (Å²) >= 11 is 0. The Labute approximate surface area is 380 Å². The molecule has 3 N–H and O–H groups in total. The monoisotopic (exact) mass is 863 g/mol. The molecular weight excluding hydrogens is 811 g/mol. The van der Waals surface area contributed by atoms with Crippen molar-refractivity contribution in [2.45, 2.75) is 90.4 Å². The fourth-order valence-corrected chi connectivity index (χ4v) is 8.81. The van der Waals surface area contributed by atoms with Gasteiger partial charge in [0, 0.05) is 47.2 Å². The molecule has 0 aromatic heterocycles. The first kappa shape index (κ1) is 44.4. The van der Waals surface area contributed by atoms with E-state index in [1.54, 1.807) is 36.8 Å². The SMILES string of the molecule is CC(C)(C)c1cc(C=O)c(O)c(C=Nc2ccc3c(c2)C2c4ccc(N=Cc5cc(C(C)(C)C)cc(C=O)c5O)cc4C3c3cc(N=Cc4cc(C(C)(C)C)cc(C=O)c4O)ccc32)c1. The van der Waals surface area contributed by atoms with Crippen LogP contribution in [-0.4, -0.2) is 52.8 Å². The Bertz CT molecular complexity index is 2910. The summed E-state index contributed by atoms with van der Waals surface area (Å²) in [6, 6.07) is 29.2. The summed E-state index contributed by atoms with van der Waals surface area (Å²) in [4.78, 5) is 50.3. The van der Waals surface area contributed by atoms with E-state index in [0.29, 0.717) is 52.6 Å². The Morgan fingerprint density at radius 2 is 0.615 bits per heavy atom. The zero-order valence-corrected chi connectivity index (χ0v) is 38.2. The van der Waals surface area contributed by atoms with Crippen LogP contribution in [0.5, 0.6) is 17.2 Å². The van der Waals surface area contributed by atoms with Gasteiger partial charge in [-0.1, -0.05) is 80.5 Å². The van der Waals surface area contributed by atoms with Gasteiger partial charge in [0.1, 0.15) is 17.2 Å². The Hall–Kier alpha value is -7.26. The van der Waals surface area contributed by atoms with Gasteiger partial charge >= 0.3 is 0 Å². The van der Waals surface area contributed by atoms with Crippen LogP contribution in [0.2, 0.25) is 0 Å². The van der Waals surface area contributed by atoms with E-state index in [0.717, 1.165) is 50.1 Å². The van der Waals surface area contributed by atoms with Gasteiger partial charge in [-0.15, -0.1) is 0 Å². The summed E-state index contributed by atoms with van der Waals surface area (Å²) in [5.41, 5.74) is 12.5. The smallest absolute Gasteiger partial charge is 0.153 e. The molecule has 3 aliphatic rings. The van der Waals surface area contributed by atoms with Crippen LogP contribution in [0.3, 0.4) is 0 Å². The highest BCUT2D eigenvalue weighted by Gasteiger charge is 2.41. The largest absolute Gasteiger partial charge is 0.507 e. The van der Waals surface area contributed by atoms with E-state index >= 15 is 0 Å². The number of aldehydes is 3. The number of carbonyl (C=O) groups is 3. The second-order valence-electron chi connectivity index (χ2n) is 20.2. The molecule has 0 spiro atoms. The maximum atomic E-state index is 11.9. The summed E-state index contributed by atoms with van der Waals surface area (Å²) in [5, 5.41) is 33.0. The molecule has 2 bridgehead atoms. The molecule has 65 heavy (non-hydrogen) atoms. The summed E-state index contributed by atoms with van der Waals surface area (Å²) in [6.45, 7) is 18.5. The minimum Gasteiger partial charge on any atom is -0.507 e. The maximum absolute atomic E-state index is 11.9. The third kappa shape index (κ3) is 8.34. The maximum Gasteiger partial charge on any atom is 0.153 e. The first-order chi connectivity index (χ1) is 30.7. The van der Waals surface area contributed by atoms with E-state index in [9.17, 15) is 29.7 Å². The van der Waals surface area contributed by atoms with Gasteiger partial charge in [-0.25, -0.2) is 0 Å². The van der Waals surface area contributed by atoms with Crippen molar-refractivity contribution in [1.29, 1.82) is 0 Å². The molecule has 0 amide bonds. The number of carbonyl (C=O) groups excluding carboxylic acids is 3. The van der Waals surface area contributed by atoms with Gasteiger partial charge in [0.15, 0.2) is 18.9 Å². The molecule has 9 rings (SSSR count). The number of rotatable bonds is 9. The number of aromatic hydroxyl groups is 3. The molecule has 0 aliphatic heterocycles. The minimum atomic E-state index is -0.262. The van der Waals surface area contributed by atoms with Crippen molar-refractivity contribution in [3.8, 4) is 17.2 Å². The molecule has 0 fully saturated rings. The first-order valence-electron chi connectivity index (χ1n) is 21.7. The quantitative estimate of drug-likeness (QED) is 0.0971. The van der Waals surface area contributed by atoms with E-state index in [1.165, 1.54) is 0 Å². The van der Waals surface area contributed by atoms with E-state index < -0.39 is 0 Å². The van der Waals surface area contributed by atoms with Crippen LogP contribution >= 0.6 is 0 Å². The molecule has 0 radical (unpaired) electrons. The highest BCUT2D eigenvalue weighted by molar-refractivity contribution is 5.94. The number of nitrogens with zero attached hydrogens (tertiary/aromatic N) is 3. The predicted octanol–water partition coefficient (Wildman–Crippen LogP) is 12.4. The van der Waals surface area contributed by atoms with Crippen molar-refractivity contribution < 1.29 is 29.7 Å². The van der Waals surface area contributed by atoms with Crippen molar-refractivity contribution in [3.63, 3.8) is 0 Å². The normalized spacial score (nSPS) is 15.6. The molecule has 0 saturated heterocycles. The van der Waals surface area contributed by atoms with Crippen molar-refractivity contribution >= 4 is 54.6 Å². The summed E-state index contributed by atoms with van der Waals surface area (Å²) in [6.07, 6.45) is 6.80. The van der Waals surface area contributed by atoms with Gasteiger partial charge < -0.3 is 15.3 Å². The Kier molecular flexibility index (Phi) is 11.2. The van der Waals surface area contributed by atoms with Crippen LogP contribution in [0.4, 0.5) is 17.1 Å². The molecule has 0 heterocycles.